The fourth-order valence-corrected chi connectivity index (χ4v) is 1.95. The number of rotatable bonds is 8. The molecule has 1 rings (SSSR count). The van der Waals surface area contributed by atoms with Gasteiger partial charge in [-0.05, 0) is 44.4 Å². The zero-order valence-electron chi connectivity index (χ0n) is 13.3. The molecule has 3 N–H and O–H groups in total. The molecule has 0 fully saturated rings. The number of hydrogen-bond donors (Lipinski definition) is 2. The number of carbonyl (C=O) groups is 1. The molecule has 2 atom stereocenters. The number of nitrogens with one attached hydrogen (secondary N) is 1. The Labute approximate surface area is 126 Å². The summed E-state index contributed by atoms with van der Waals surface area (Å²) in [5.41, 5.74) is 6.87. The molecule has 0 aliphatic rings. The maximum atomic E-state index is 11.9. The molecule has 0 spiro atoms. The molecule has 2 unspecified atom stereocenters. The van der Waals surface area contributed by atoms with Crippen LogP contribution in [0.5, 0.6) is 11.5 Å². The van der Waals surface area contributed by atoms with Gasteiger partial charge in [-0.1, -0.05) is 13.0 Å². The minimum atomic E-state index is -0.573. The second-order valence-electron chi connectivity index (χ2n) is 5.22. The van der Waals surface area contributed by atoms with Crippen molar-refractivity contribution in [2.45, 2.75) is 45.8 Å². The van der Waals surface area contributed by atoms with E-state index in [0.717, 1.165) is 18.4 Å². The molecule has 118 valence electrons. The second kappa shape index (κ2) is 8.52. The summed E-state index contributed by atoms with van der Waals surface area (Å²) in [6.07, 6.45) is 1.07. The predicted molar refractivity (Wildman–Crippen MR) is 83.7 cm³/mol. The third kappa shape index (κ3) is 5.63. The van der Waals surface area contributed by atoms with Crippen LogP contribution in [0.2, 0.25) is 0 Å². The highest BCUT2D eigenvalue weighted by atomic mass is 16.5. The molecule has 0 aromatic heterocycles. The lowest BCUT2D eigenvalue weighted by atomic mass is 10.1. The Morgan fingerprint density at radius 3 is 2.62 bits per heavy atom. The Kier molecular flexibility index (Phi) is 7.02. The fourth-order valence-electron chi connectivity index (χ4n) is 1.95. The number of carbonyl (C=O) groups excluding carboxylic acids is 1. The molecule has 0 radical (unpaired) electrons. The number of amides is 1. The van der Waals surface area contributed by atoms with Crippen LogP contribution in [0.1, 0.15) is 32.8 Å². The van der Waals surface area contributed by atoms with Crippen molar-refractivity contribution in [2.75, 3.05) is 13.7 Å². The van der Waals surface area contributed by atoms with Gasteiger partial charge in [0.1, 0.15) is 0 Å². The standard InChI is InChI=1S/C16H26N2O3/c1-5-8-18-16(19)12(3)21-15-10-13(9-11(2)17)6-7-14(15)20-4/h6-7,10-12H,5,8-9,17H2,1-4H3,(H,18,19). The summed E-state index contributed by atoms with van der Waals surface area (Å²) in [5, 5.41) is 2.81. The third-order valence-electron chi connectivity index (χ3n) is 3.01. The summed E-state index contributed by atoms with van der Waals surface area (Å²) in [5.74, 6) is 1.05. The van der Waals surface area contributed by atoms with Crippen molar-refractivity contribution in [2.24, 2.45) is 5.73 Å². The lowest BCUT2D eigenvalue weighted by Gasteiger charge is -2.17. The minimum Gasteiger partial charge on any atom is -0.493 e. The quantitative estimate of drug-likeness (QED) is 0.768. The normalized spacial score (nSPS) is 13.4. The van der Waals surface area contributed by atoms with E-state index >= 15 is 0 Å². The SMILES string of the molecule is CCCNC(=O)C(C)Oc1cc(CC(C)N)ccc1OC. The molecule has 0 bridgehead atoms. The molecule has 0 aliphatic heterocycles. The van der Waals surface area contributed by atoms with E-state index in [1.165, 1.54) is 0 Å². The number of methoxy groups -OCH3 is 1. The molecular weight excluding hydrogens is 268 g/mol. The molecule has 1 amide bonds. The van der Waals surface area contributed by atoms with Gasteiger partial charge in [0.2, 0.25) is 0 Å². The highest BCUT2D eigenvalue weighted by molar-refractivity contribution is 5.80. The van der Waals surface area contributed by atoms with Crippen LogP contribution in [0.3, 0.4) is 0 Å². The Morgan fingerprint density at radius 1 is 1.33 bits per heavy atom. The summed E-state index contributed by atoms with van der Waals surface area (Å²) in [4.78, 5) is 11.9. The van der Waals surface area contributed by atoms with Crippen molar-refractivity contribution in [3.8, 4) is 11.5 Å². The van der Waals surface area contributed by atoms with Crippen molar-refractivity contribution in [3.63, 3.8) is 0 Å². The van der Waals surface area contributed by atoms with Crippen molar-refractivity contribution >= 4 is 5.91 Å². The fraction of sp³-hybridized carbons (Fsp3) is 0.562. The van der Waals surface area contributed by atoms with E-state index < -0.39 is 6.10 Å². The molecule has 5 heteroatoms. The zero-order chi connectivity index (χ0) is 15.8. The maximum absolute atomic E-state index is 11.9. The summed E-state index contributed by atoms with van der Waals surface area (Å²) in [6, 6.07) is 5.74. The van der Waals surface area contributed by atoms with Crippen LogP contribution in [0.4, 0.5) is 0 Å². The summed E-state index contributed by atoms with van der Waals surface area (Å²) in [6.45, 7) is 6.33. The molecular formula is C16H26N2O3. The van der Waals surface area contributed by atoms with Crippen molar-refractivity contribution < 1.29 is 14.3 Å². The first-order valence-electron chi connectivity index (χ1n) is 7.34. The van der Waals surface area contributed by atoms with Crippen molar-refractivity contribution in [1.82, 2.24) is 5.32 Å². The molecule has 0 heterocycles. The van der Waals surface area contributed by atoms with E-state index in [1.807, 2.05) is 32.0 Å². The second-order valence-corrected chi connectivity index (χ2v) is 5.22. The van der Waals surface area contributed by atoms with Crippen molar-refractivity contribution in [3.05, 3.63) is 23.8 Å². The predicted octanol–water partition coefficient (Wildman–Crippen LogP) is 1.88. The first-order chi connectivity index (χ1) is 9.97. The highest BCUT2D eigenvalue weighted by Gasteiger charge is 2.16. The van der Waals surface area contributed by atoms with Crippen LogP contribution in [0.25, 0.3) is 0 Å². The van der Waals surface area contributed by atoms with E-state index in [4.69, 9.17) is 15.2 Å². The largest absolute Gasteiger partial charge is 0.493 e. The van der Waals surface area contributed by atoms with Gasteiger partial charge in [0, 0.05) is 12.6 Å². The van der Waals surface area contributed by atoms with E-state index in [1.54, 1.807) is 14.0 Å². The average Bonchev–Trinajstić information content (AvgIpc) is 2.44. The molecule has 0 saturated heterocycles. The Morgan fingerprint density at radius 2 is 2.05 bits per heavy atom. The van der Waals surface area contributed by atoms with Gasteiger partial charge in [-0.2, -0.15) is 0 Å². The van der Waals surface area contributed by atoms with E-state index in [9.17, 15) is 4.79 Å². The monoisotopic (exact) mass is 294 g/mol. The van der Waals surface area contributed by atoms with Gasteiger partial charge in [-0.15, -0.1) is 0 Å². The Balaban J connectivity index is 2.81. The Hall–Kier alpha value is -1.75. The van der Waals surface area contributed by atoms with Gasteiger partial charge in [-0.3, -0.25) is 4.79 Å². The van der Waals surface area contributed by atoms with Crippen LogP contribution in [-0.2, 0) is 11.2 Å². The van der Waals surface area contributed by atoms with E-state index in [-0.39, 0.29) is 11.9 Å². The lowest BCUT2D eigenvalue weighted by molar-refractivity contribution is -0.127. The summed E-state index contributed by atoms with van der Waals surface area (Å²) in [7, 11) is 1.58. The highest BCUT2D eigenvalue weighted by Crippen LogP contribution is 2.29. The third-order valence-corrected chi connectivity index (χ3v) is 3.01. The first-order valence-corrected chi connectivity index (χ1v) is 7.34. The molecule has 5 nitrogen and oxygen atoms in total. The van der Waals surface area contributed by atoms with Gasteiger partial charge >= 0.3 is 0 Å². The summed E-state index contributed by atoms with van der Waals surface area (Å²) < 4.78 is 11.0. The van der Waals surface area contributed by atoms with Gasteiger partial charge in [0.25, 0.3) is 5.91 Å². The van der Waals surface area contributed by atoms with E-state index in [0.29, 0.717) is 18.0 Å². The number of ether oxygens (including phenoxy) is 2. The van der Waals surface area contributed by atoms with Crippen LogP contribution in [-0.4, -0.2) is 31.7 Å². The topological polar surface area (TPSA) is 73.6 Å². The Bertz CT molecular complexity index is 461. The molecule has 0 aliphatic carbocycles. The van der Waals surface area contributed by atoms with Crippen LogP contribution in [0.15, 0.2) is 18.2 Å². The number of hydrogen-bond acceptors (Lipinski definition) is 4. The molecule has 1 aromatic rings. The van der Waals surface area contributed by atoms with Gasteiger partial charge in [0.15, 0.2) is 17.6 Å². The number of nitrogens with two attached hydrogens (primary N) is 1. The first kappa shape index (κ1) is 17.3. The average molecular weight is 294 g/mol. The van der Waals surface area contributed by atoms with Gasteiger partial charge < -0.3 is 20.5 Å². The van der Waals surface area contributed by atoms with Crippen LogP contribution in [0, 0.1) is 0 Å². The van der Waals surface area contributed by atoms with Crippen LogP contribution < -0.4 is 20.5 Å². The smallest absolute Gasteiger partial charge is 0.260 e. The van der Waals surface area contributed by atoms with Gasteiger partial charge in [-0.25, -0.2) is 0 Å². The van der Waals surface area contributed by atoms with E-state index in [2.05, 4.69) is 5.32 Å². The van der Waals surface area contributed by atoms with Crippen molar-refractivity contribution in [1.29, 1.82) is 0 Å². The van der Waals surface area contributed by atoms with Crippen LogP contribution >= 0.6 is 0 Å². The molecule has 0 saturated carbocycles. The zero-order valence-corrected chi connectivity index (χ0v) is 13.3. The lowest BCUT2D eigenvalue weighted by Crippen LogP contribution is -2.36. The summed E-state index contributed by atoms with van der Waals surface area (Å²) >= 11 is 0. The molecule has 1 aromatic carbocycles. The maximum Gasteiger partial charge on any atom is 0.260 e. The minimum absolute atomic E-state index is 0.0662. The van der Waals surface area contributed by atoms with Gasteiger partial charge in [0.05, 0.1) is 7.11 Å². The number of benzene rings is 1. The molecule has 21 heavy (non-hydrogen) atoms.